The van der Waals surface area contributed by atoms with Gasteiger partial charge in [0.2, 0.25) is 17.7 Å². The van der Waals surface area contributed by atoms with Gasteiger partial charge < -0.3 is 31.7 Å². The number of amides is 4. The summed E-state index contributed by atoms with van der Waals surface area (Å²) in [6.45, 7) is 1.09. The van der Waals surface area contributed by atoms with E-state index in [-0.39, 0.29) is 24.6 Å². The molecule has 28 heavy (non-hydrogen) atoms. The Morgan fingerprint density at radius 3 is 2.68 bits per heavy atom. The van der Waals surface area contributed by atoms with Crippen molar-refractivity contribution in [1.29, 1.82) is 0 Å². The predicted molar refractivity (Wildman–Crippen MR) is 97.2 cm³/mol. The summed E-state index contributed by atoms with van der Waals surface area (Å²) in [4.78, 5) is 59.5. The molecule has 11 nitrogen and oxygen atoms in total. The number of hydrogen-bond acceptors (Lipinski definition) is 6. The summed E-state index contributed by atoms with van der Waals surface area (Å²) in [6, 6.07) is 4.38. The van der Waals surface area contributed by atoms with Gasteiger partial charge in [0.15, 0.2) is 0 Å². The van der Waals surface area contributed by atoms with E-state index in [1.807, 2.05) is 0 Å². The third kappa shape index (κ3) is 6.06. The number of carbonyl (C=O) groups excluding carboxylic acids is 4. The predicted octanol–water partition coefficient (Wildman–Crippen LogP) is -1.88. The molecular formula is C17H21N5O6. The third-order valence-electron chi connectivity index (χ3n) is 3.94. The number of carbonyl (C=O) groups is 5. The Labute approximate surface area is 160 Å². The van der Waals surface area contributed by atoms with Crippen molar-refractivity contribution in [2.24, 2.45) is 5.73 Å². The minimum Gasteiger partial charge on any atom is -0.480 e. The van der Waals surface area contributed by atoms with Gasteiger partial charge in [-0.1, -0.05) is 6.07 Å². The molecule has 150 valence electrons. The van der Waals surface area contributed by atoms with Gasteiger partial charge in [-0.15, -0.1) is 0 Å². The third-order valence-corrected chi connectivity index (χ3v) is 3.94. The Hall–Kier alpha value is -3.47. The molecule has 1 aliphatic rings. The molecule has 0 radical (unpaired) electrons. The Bertz CT molecular complexity index is 796. The van der Waals surface area contributed by atoms with Crippen LogP contribution >= 0.6 is 0 Å². The first kappa shape index (κ1) is 20.8. The van der Waals surface area contributed by atoms with Crippen LogP contribution in [0.25, 0.3) is 0 Å². The second kappa shape index (κ2) is 9.46. The van der Waals surface area contributed by atoms with Crippen molar-refractivity contribution in [2.45, 2.75) is 12.5 Å². The number of nitrogens with one attached hydrogen (secondary N) is 3. The van der Waals surface area contributed by atoms with Crippen LogP contribution in [0.2, 0.25) is 0 Å². The summed E-state index contributed by atoms with van der Waals surface area (Å²) in [5, 5.41) is 16.8. The van der Waals surface area contributed by atoms with Gasteiger partial charge in [-0.3, -0.25) is 19.2 Å². The number of benzene rings is 1. The number of hydrogen-bond donors (Lipinski definition) is 5. The van der Waals surface area contributed by atoms with E-state index in [1.165, 1.54) is 23.1 Å². The van der Waals surface area contributed by atoms with Crippen LogP contribution < -0.4 is 21.7 Å². The van der Waals surface area contributed by atoms with Gasteiger partial charge in [0.1, 0.15) is 6.04 Å². The van der Waals surface area contributed by atoms with Crippen LogP contribution in [0.4, 0.5) is 5.69 Å². The van der Waals surface area contributed by atoms with Gasteiger partial charge in [0.05, 0.1) is 19.5 Å². The molecule has 2 rings (SSSR count). The van der Waals surface area contributed by atoms with E-state index in [4.69, 9.17) is 10.8 Å². The van der Waals surface area contributed by atoms with Gasteiger partial charge in [-0.25, -0.2) is 4.79 Å². The molecule has 0 saturated carbocycles. The monoisotopic (exact) mass is 391 g/mol. The van der Waals surface area contributed by atoms with Crippen LogP contribution in [0.3, 0.4) is 0 Å². The number of nitrogens with two attached hydrogens (primary N) is 1. The topological polar surface area (TPSA) is 171 Å². The summed E-state index contributed by atoms with van der Waals surface area (Å²) >= 11 is 0. The van der Waals surface area contributed by atoms with Crippen LogP contribution in [-0.2, 0) is 19.2 Å². The quantitative estimate of drug-likeness (QED) is 0.345. The van der Waals surface area contributed by atoms with Gasteiger partial charge in [-0.05, 0) is 18.2 Å². The molecule has 11 heteroatoms. The number of rotatable bonds is 8. The maximum absolute atomic E-state index is 12.2. The highest BCUT2D eigenvalue weighted by molar-refractivity contribution is 6.00. The zero-order chi connectivity index (χ0) is 20.7. The zero-order valence-electron chi connectivity index (χ0n) is 14.9. The Kier molecular flexibility index (Phi) is 7.04. The summed E-state index contributed by atoms with van der Waals surface area (Å²) in [7, 11) is 0. The Morgan fingerprint density at radius 1 is 1.29 bits per heavy atom. The van der Waals surface area contributed by atoms with Gasteiger partial charge in [-0.2, -0.15) is 0 Å². The second-order valence-corrected chi connectivity index (χ2v) is 6.16. The van der Waals surface area contributed by atoms with Crippen LogP contribution in [0.15, 0.2) is 24.3 Å². The lowest BCUT2D eigenvalue weighted by Crippen LogP contribution is -2.50. The highest BCUT2D eigenvalue weighted by atomic mass is 16.4. The van der Waals surface area contributed by atoms with Crippen molar-refractivity contribution < 1.29 is 29.1 Å². The average molecular weight is 391 g/mol. The molecular weight excluding hydrogens is 370 g/mol. The van der Waals surface area contributed by atoms with Gasteiger partial charge in [0.25, 0.3) is 5.91 Å². The van der Waals surface area contributed by atoms with E-state index >= 15 is 0 Å². The Balaban J connectivity index is 1.99. The molecule has 1 heterocycles. The highest BCUT2D eigenvalue weighted by Crippen LogP contribution is 2.11. The van der Waals surface area contributed by atoms with Crippen LogP contribution in [-0.4, -0.2) is 71.8 Å². The first-order valence-corrected chi connectivity index (χ1v) is 8.46. The fraction of sp³-hybridized carbons (Fsp3) is 0.353. The van der Waals surface area contributed by atoms with E-state index in [0.29, 0.717) is 18.8 Å². The molecule has 4 amide bonds. The summed E-state index contributed by atoms with van der Waals surface area (Å²) in [6.07, 6.45) is -0.545. The van der Waals surface area contributed by atoms with Gasteiger partial charge in [0, 0.05) is 24.3 Å². The molecule has 0 aromatic heterocycles. The molecule has 1 aromatic carbocycles. The average Bonchev–Trinajstić information content (AvgIpc) is 2.62. The van der Waals surface area contributed by atoms with Crippen LogP contribution in [0.5, 0.6) is 0 Å². The molecule has 0 bridgehead atoms. The van der Waals surface area contributed by atoms with E-state index in [9.17, 15) is 24.0 Å². The number of piperazine rings is 1. The van der Waals surface area contributed by atoms with E-state index in [2.05, 4.69) is 16.0 Å². The number of primary amides is 1. The lowest BCUT2D eigenvalue weighted by Gasteiger charge is -2.26. The lowest BCUT2D eigenvalue weighted by molar-refractivity contribution is -0.141. The molecule has 0 spiro atoms. The largest absolute Gasteiger partial charge is 0.480 e. The summed E-state index contributed by atoms with van der Waals surface area (Å²) in [5.74, 6) is -3.59. The number of nitrogens with zero attached hydrogens (tertiary/aromatic N) is 1. The zero-order valence-corrected chi connectivity index (χ0v) is 14.9. The van der Waals surface area contributed by atoms with E-state index in [1.54, 1.807) is 6.07 Å². The minimum atomic E-state index is -1.46. The van der Waals surface area contributed by atoms with Crippen molar-refractivity contribution in [1.82, 2.24) is 15.5 Å². The maximum Gasteiger partial charge on any atom is 0.326 e. The first-order valence-electron chi connectivity index (χ1n) is 8.46. The first-order chi connectivity index (χ1) is 13.3. The molecule has 1 fully saturated rings. The van der Waals surface area contributed by atoms with Crippen molar-refractivity contribution in [3.8, 4) is 0 Å². The minimum absolute atomic E-state index is 0.0896. The number of carboxylic acids is 1. The van der Waals surface area contributed by atoms with Gasteiger partial charge >= 0.3 is 5.97 Å². The standard InChI is InChI=1S/C17H21N5O6/c18-13(23)7-12(17(27)28)21-16(26)10-2-1-3-11(6-10)20-14(24)9-22-5-4-19-8-15(22)25/h1-3,6,12,19H,4-5,7-9H2,(H2,18,23)(H,20,24)(H,21,26)(H,27,28)/t12-/m0/s1. The summed E-state index contributed by atoms with van der Waals surface area (Å²) in [5.41, 5.74) is 5.38. The normalized spacial score (nSPS) is 14.9. The second-order valence-electron chi connectivity index (χ2n) is 6.16. The molecule has 0 aliphatic carbocycles. The van der Waals surface area contributed by atoms with Crippen molar-refractivity contribution >= 4 is 35.3 Å². The van der Waals surface area contributed by atoms with E-state index in [0.717, 1.165) is 0 Å². The Morgan fingerprint density at radius 2 is 2.04 bits per heavy atom. The number of anilines is 1. The summed E-state index contributed by atoms with van der Waals surface area (Å²) < 4.78 is 0. The molecule has 1 atom stereocenters. The maximum atomic E-state index is 12.2. The van der Waals surface area contributed by atoms with Crippen molar-refractivity contribution in [3.05, 3.63) is 29.8 Å². The molecule has 1 saturated heterocycles. The number of aliphatic carboxylic acids is 1. The van der Waals surface area contributed by atoms with Crippen LogP contribution in [0, 0.1) is 0 Å². The highest BCUT2D eigenvalue weighted by Gasteiger charge is 2.23. The number of carboxylic acid groups (broad SMARTS) is 1. The SMILES string of the molecule is NC(=O)C[C@H](NC(=O)c1cccc(NC(=O)CN2CCNCC2=O)c1)C(=O)O. The fourth-order valence-electron chi connectivity index (χ4n) is 2.57. The molecule has 0 unspecified atom stereocenters. The fourth-order valence-corrected chi connectivity index (χ4v) is 2.57. The smallest absolute Gasteiger partial charge is 0.326 e. The lowest BCUT2D eigenvalue weighted by atomic mass is 10.1. The molecule has 6 N–H and O–H groups in total. The molecule has 1 aromatic rings. The van der Waals surface area contributed by atoms with E-state index < -0.39 is 36.2 Å². The van der Waals surface area contributed by atoms with Crippen molar-refractivity contribution in [3.63, 3.8) is 0 Å². The molecule has 1 aliphatic heterocycles. The van der Waals surface area contributed by atoms with Crippen molar-refractivity contribution in [2.75, 3.05) is 31.5 Å². The van der Waals surface area contributed by atoms with Crippen LogP contribution in [0.1, 0.15) is 16.8 Å².